The molecule has 10 nitrogen and oxygen atoms in total. The number of hydrogen-bond donors (Lipinski definition) is 3. The van der Waals surface area contributed by atoms with Crippen molar-refractivity contribution in [1.29, 1.82) is 0 Å². The normalized spacial score (nSPS) is 19.1. The molecule has 5 aromatic rings. The van der Waals surface area contributed by atoms with Gasteiger partial charge >= 0.3 is 11.2 Å². The molecule has 6 rings (SSSR count). The van der Waals surface area contributed by atoms with Gasteiger partial charge in [-0.2, -0.15) is 4.68 Å². The first-order valence-electron chi connectivity index (χ1n) is 13.4. The van der Waals surface area contributed by atoms with E-state index in [9.17, 15) is 9.59 Å². The molecular weight excluding hydrogens is 504 g/mol. The molecular formula is C30H30N8O2. The quantitative estimate of drug-likeness (QED) is 0.286. The second-order valence-corrected chi connectivity index (χ2v) is 10.2. The number of aromatic nitrogens is 6. The van der Waals surface area contributed by atoms with Gasteiger partial charge in [-0.15, -0.1) is 5.92 Å². The minimum absolute atomic E-state index is 0.240. The molecule has 1 aliphatic rings. The van der Waals surface area contributed by atoms with Crippen LogP contribution >= 0.6 is 0 Å². The topological polar surface area (TPSA) is 125 Å². The van der Waals surface area contributed by atoms with E-state index in [1.807, 2.05) is 59.6 Å². The van der Waals surface area contributed by atoms with Crippen LogP contribution in [0.15, 0.2) is 70.5 Å². The highest BCUT2D eigenvalue weighted by atomic mass is 16.2. The molecule has 0 aliphatic carbocycles. The number of aromatic amines is 2. The zero-order valence-electron chi connectivity index (χ0n) is 22.4. The Bertz CT molecular complexity index is 1860. The van der Waals surface area contributed by atoms with Crippen molar-refractivity contribution in [1.82, 2.24) is 34.9 Å². The summed E-state index contributed by atoms with van der Waals surface area (Å²) < 4.78 is 1.20. The van der Waals surface area contributed by atoms with Crippen molar-refractivity contribution in [3.8, 4) is 23.1 Å². The Morgan fingerprint density at radius 2 is 1.90 bits per heavy atom. The standard InChI is InChI=1S/C30H30N8O2/c1-3-4-16-33-30(2)15-10-17-37(38-28(39)26-27(32-19-31-26)36-29(38)40)23(30)18-24-34-22-14-9-8-13-21(22)25(35-24)20-11-6-5-7-12-20/h5-9,11-14,19,23,33H,10,15-18H2,1-2H3,(H,31,32)(H,36,40). The maximum absolute atomic E-state index is 13.5. The number of nitrogens with one attached hydrogen (secondary N) is 3. The van der Waals surface area contributed by atoms with Gasteiger partial charge < -0.3 is 9.99 Å². The van der Waals surface area contributed by atoms with Gasteiger partial charge in [0.15, 0.2) is 11.2 Å². The summed E-state index contributed by atoms with van der Waals surface area (Å²) in [6.07, 6.45) is 3.42. The van der Waals surface area contributed by atoms with Gasteiger partial charge in [0, 0.05) is 29.5 Å². The fraction of sp³-hybridized carbons (Fsp3) is 0.300. The van der Waals surface area contributed by atoms with Crippen LogP contribution in [0.3, 0.4) is 0 Å². The molecule has 2 aromatic carbocycles. The van der Waals surface area contributed by atoms with Gasteiger partial charge in [0.1, 0.15) is 5.82 Å². The number of fused-ring (bicyclic) bond motifs is 2. The van der Waals surface area contributed by atoms with Crippen molar-refractivity contribution in [3.63, 3.8) is 0 Å². The van der Waals surface area contributed by atoms with E-state index < -0.39 is 16.8 Å². The molecule has 0 saturated carbocycles. The van der Waals surface area contributed by atoms with Crippen molar-refractivity contribution < 1.29 is 0 Å². The summed E-state index contributed by atoms with van der Waals surface area (Å²) >= 11 is 0. The van der Waals surface area contributed by atoms with Crippen LogP contribution in [-0.2, 0) is 6.42 Å². The van der Waals surface area contributed by atoms with Gasteiger partial charge in [-0.25, -0.2) is 19.7 Å². The predicted molar refractivity (Wildman–Crippen MR) is 156 cm³/mol. The van der Waals surface area contributed by atoms with E-state index in [4.69, 9.17) is 9.97 Å². The molecule has 0 amide bonds. The average Bonchev–Trinajstić information content (AvgIpc) is 3.44. The highest BCUT2D eigenvalue weighted by molar-refractivity contribution is 5.92. The molecule has 2 atom stereocenters. The number of hydrogen-bond acceptors (Lipinski definition) is 7. The molecule has 3 aromatic heterocycles. The van der Waals surface area contributed by atoms with Crippen molar-refractivity contribution in [2.75, 3.05) is 18.1 Å². The summed E-state index contributed by atoms with van der Waals surface area (Å²) in [6.45, 7) is 4.93. The predicted octanol–water partition coefficient (Wildman–Crippen LogP) is 2.74. The van der Waals surface area contributed by atoms with Crippen LogP contribution in [0.25, 0.3) is 33.3 Å². The van der Waals surface area contributed by atoms with E-state index in [1.54, 1.807) is 6.92 Å². The average molecular weight is 535 g/mol. The van der Waals surface area contributed by atoms with E-state index in [1.165, 1.54) is 11.0 Å². The molecule has 1 saturated heterocycles. The maximum atomic E-state index is 13.5. The molecule has 3 N–H and O–H groups in total. The smallest absolute Gasteiger partial charge is 0.339 e. The molecule has 1 fully saturated rings. The van der Waals surface area contributed by atoms with E-state index in [-0.39, 0.29) is 17.2 Å². The molecule has 40 heavy (non-hydrogen) atoms. The van der Waals surface area contributed by atoms with Gasteiger partial charge in [0.25, 0.3) is 0 Å². The summed E-state index contributed by atoms with van der Waals surface area (Å²) in [4.78, 5) is 46.5. The van der Waals surface area contributed by atoms with Crippen LogP contribution in [0, 0.1) is 11.8 Å². The van der Waals surface area contributed by atoms with Crippen LogP contribution in [0.1, 0.15) is 32.5 Å². The number of benzene rings is 2. The van der Waals surface area contributed by atoms with Crippen LogP contribution in [-0.4, -0.2) is 54.3 Å². The Balaban J connectivity index is 1.50. The van der Waals surface area contributed by atoms with Crippen LogP contribution in [0.2, 0.25) is 0 Å². The second kappa shape index (κ2) is 10.4. The SMILES string of the molecule is CC#CCNC1(C)CCCN(n2c(=O)[nH]c3nc[nH]c3c2=O)C1Cc1nc(-c2ccccc2)c2ccccc2n1. The third-order valence-electron chi connectivity index (χ3n) is 7.73. The first-order chi connectivity index (χ1) is 19.5. The molecule has 202 valence electrons. The molecule has 0 bridgehead atoms. The van der Waals surface area contributed by atoms with Gasteiger partial charge in [-0.1, -0.05) is 54.5 Å². The molecule has 0 spiro atoms. The number of nitrogens with zero attached hydrogens (tertiary/aromatic N) is 5. The number of piperidine rings is 1. The molecule has 4 heterocycles. The van der Waals surface area contributed by atoms with Gasteiger partial charge in [-0.3, -0.25) is 15.1 Å². The van der Waals surface area contributed by atoms with E-state index in [2.05, 4.69) is 39.0 Å². The Morgan fingerprint density at radius 1 is 1.10 bits per heavy atom. The zero-order valence-corrected chi connectivity index (χ0v) is 22.4. The summed E-state index contributed by atoms with van der Waals surface area (Å²) in [5, 5.41) is 6.43. The third-order valence-corrected chi connectivity index (χ3v) is 7.73. The zero-order chi connectivity index (χ0) is 27.7. The minimum Gasteiger partial charge on any atom is -0.339 e. The summed E-state index contributed by atoms with van der Waals surface area (Å²) in [6, 6.07) is 17.7. The second-order valence-electron chi connectivity index (χ2n) is 10.2. The van der Waals surface area contributed by atoms with Gasteiger partial charge in [0.05, 0.1) is 30.1 Å². The summed E-state index contributed by atoms with van der Waals surface area (Å²) in [5.41, 5.74) is 1.73. The lowest BCUT2D eigenvalue weighted by molar-refractivity contribution is 0.197. The minimum atomic E-state index is -0.531. The van der Waals surface area contributed by atoms with Crippen LogP contribution < -0.4 is 21.6 Å². The van der Waals surface area contributed by atoms with E-state index in [0.29, 0.717) is 25.3 Å². The van der Waals surface area contributed by atoms with Gasteiger partial charge in [0.2, 0.25) is 0 Å². The number of H-pyrrole nitrogens is 2. The van der Waals surface area contributed by atoms with Crippen molar-refractivity contribution >= 4 is 22.1 Å². The highest BCUT2D eigenvalue weighted by Crippen LogP contribution is 2.31. The number of imidazole rings is 1. The maximum Gasteiger partial charge on any atom is 0.349 e. The fourth-order valence-electron chi connectivity index (χ4n) is 5.71. The van der Waals surface area contributed by atoms with Crippen molar-refractivity contribution in [2.24, 2.45) is 0 Å². The third kappa shape index (κ3) is 4.54. The lowest BCUT2D eigenvalue weighted by Crippen LogP contribution is -2.69. The van der Waals surface area contributed by atoms with Crippen LogP contribution in [0.4, 0.5) is 0 Å². The van der Waals surface area contributed by atoms with Gasteiger partial charge in [-0.05, 0) is 32.8 Å². The first kappa shape index (κ1) is 25.5. The fourth-order valence-corrected chi connectivity index (χ4v) is 5.71. The molecule has 2 unspecified atom stereocenters. The summed E-state index contributed by atoms with van der Waals surface area (Å²) in [7, 11) is 0. The molecule has 10 heteroatoms. The summed E-state index contributed by atoms with van der Waals surface area (Å²) in [5.74, 6) is 6.67. The molecule has 0 radical (unpaired) electrons. The van der Waals surface area contributed by atoms with Crippen molar-refractivity contribution in [3.05, 3.63) is 87.6 Å². The first-order valence-corrected chi connectivity index (χ1v) is 13.4. The monoisotopic (exact) mass is 534 g/mol. The Labute approximate surface area is 230 Å². The molecule has 1 aliphatic heterocycles. The number of para-hydroxylation sites is 1. The Kier molecular flexibility index (Phi) is 6.66. The lowest BCUT2D eigenvalue weighted by atomic mass is 9.81. The van der Waals surface area contributed by atoms with Crippen molar-refractivity contribution in [2.45, 2.75) is 44.7 Å². The lowest BCUT2D eigenvalue weighted by Gasteiger charge is -2.49. The highest BCUT2D eigenvalue weighted by Gasteiger charge is 2.43. The Hall–Kier alpha value is -4.75. The van der Waals surface area contributed by atoms with Crippen LogP contribution in [0.5, 0.6) is 0 Å². The van der Waals surface area contributed by atoms with E-state index in [0.717, 1.165) is 35.0 Å². The largest absolute Gasteiger partial charge is 0.349 e. The van der Waals surface area contributed by atoms with E-state index >= 15 is 0 Å². The number of rotatable bonds is 6. The Morgan fingerprint density at radius 3 is 2.73 bits per heavy atom.